The van der Waals surface area contributed by atoms with Crippen LogP contribution in [0.1, 0.15) is 31.9 Å². The van der Waals surface area contributed by atoms with Crippen molar-refractivity contribution in [3.63, 3.8) is 0 Å². The Morgan fingerprint density at radius 2 is 1.94 bits per heavy atom. The maximum atomic E-state index is 9.77. The molecule has 0 bridgehead atoms. The maximum absolute atomic E-state index is 9.77. The fraction of sp³-hybridized carbons (Fsp3) is 0.600. The number of aryl methyl sites for hydroxylation is 1. The summed E-state index contributed by atoms with van der Waals surface area (Å²) in [4.78, 5) is 0. The van der Waals surface area contributed by atoms with Gasteiger partial charge in [0.2, 0.25) is 0 Å². The molecule has 1 aromatic carbocycles. The van der Waals surface area contributed by atoms with Crippen molar-refractivity contribution in [1.82, 2.24) is 5.32 Å². The minimum atomic E-state index is -0.465. The van der Waals surface area contributed by atoms with Crippen LogP contribution in [0.2, 0.25) is 0 Å². The van der Waals surface area contributed by atoms with E-state index >= 15 is 0 Å². The van der Waals surface area contributed by atoms with Crippen LogP contribution in [0.25, 0.3) is 0 Å². The highest BCUT2D eigenvalue weighted by Gasteiger charge is 2.13. The second kappa shape index (κ2) is 6.88. The van der Waals surface area contributed by atoms with Crippen molar-refractivity contribution >= 4 is 0 Å². The van der Waals surface area contributed by atoms with E-state index in [1.165, 1.54) is 11.1 Å². The molecule has 1 rings (SSSR count). The highest BCUT2D eigenvalue weighted by Crippen LogP contribution is 2.08. The van der Waals surface area contributed by atoms with E-state index in [0.717, 1.165) is 6.54 Å². The lowest BCUT2D eigenvalue weighted by Gasteiger charge is -2.22. The molecule has 0 heterocycles. The molecule has 18 heavy (non-hydrogen) atoms. The highest BCUT2D eigenvalue weighted by atomic mass is 16.5. The molecule has 1 aromatic rings. The van der Waals surface area contributed by atoms with Gasteiger partial charge in [-0.15, -0.1) is 0 Å². The first-order valence-corrected chi connectivity index (χ1v) is 6.46. The van der Waals surface area contributed by atoms with E-state index in [-0.39, 0.29) is 5.60 Å². The third kappa shape index (κ3) is 6.15. The Morgan fingerprint density at radius 3 is 2.56 bits per heavy atom. The predicted molar refractivity (Wildman–Crippen MR) is 74.6 cm³/mol. The molecule has 0 fully saturated rings. The van der Waals surface area contributed by atoms with Gasteiger partial charge in [-0.2, -0.15) is 0 Å². The van der Waals surface area contributed by atoms with Gasteiger partial charge in [-0.25, -0.2) is 0 Å². The van der Waals surface area contributed by atoms with Gasteiger partial charge in [0.05, 0.1) is 18.3 Å². The van der Waals surface area contributed by atoms with E-state index in [2.05, 4.69) is 24.4 Å². The number of hydrogen-bond acceptors (Lipinski definition) is 3. The first kappa shape index (κ1) is 15.2. The van der Waals surface area contributed by atoms with Crippen molar-refractivity contribution in [2.45, 2.75) is 45.9 Å². The standard InChI is InChI=1S/C15H25NO2/c1-12-7-5-6-8-13(12)9-16-10-14(17)11-18-15(2,3)4/h5-8,14,16-17H,9-11H2,1-4H3. The average molecular weight is 251 g/mol. The Hall–Kier alpha value is -0.900. The molecule has 0 aliphatic heterocycles. The predicted octanol–water partition coefficient (Wildman–Crippen LogP) is 2.26. The van der Waals surface area contributed by atoms with Crippen molar-refractivity contribution in [1.29, 1.82) is 0 Å². The summed E-state index contributed by atoms with van der Waals surface area (Å²) in [6, 6.07) is 8.25. The summed E-state index contributed by atoms with van der Waals surface area (Å²) in [5.41, 5.74) is 2.34. The normalized spacial score (nSPS) is 13.6. The van der Waals surface area contributed by atoms with E-state index in [1.807, 2.05) is 32.9 Å². The quantitative estimate of drug-likeness (QED) is 0.815. The summed E-state index contributed by atoms with van der Waals surface area (Å²) in [6.07, 6.45) is -0.465. The minimum Gasteiger partial charge on any atom is -0.389 e. The summed E-state index contributed by atoms with van der Waals surface area (Å²) in [6.45, 7) is 9.74. The van der Waals surface area contributed by atoms with Crippen LogP contribution in [0.15, 0.2) is 24.3 Å². The molecule has 102 valence electrons. The van der Waals surface area contributed by atoms with Crippen LogP contribution in [-0.4, -0.2) is 30.0 Å². The third-order valence-corrected chi connectivity index (χ3v) is 2.67. The molecule has 3 heteroatoms. The van der Waals surface area contributed by atoms with Gasteiger partial charge in [-0.3, -0.25) is 0 Å². The summed E-state index contributed by atoms with van der Waals surface area (Å²) >= 11 is 0. The van der Waals surface area contributed by atoms with Crippen molar-refractivity contribution in [2.75, 3.05) is 13.2 Å². The molecular formula is C15H25NO2. The van der Waals surface area contributed by atoms with Gasteiger partial charge in [0.1, 0.15) is 0 Å². The lowest BCUT2D eigenvalue weighted by atomic mass is 10.1. The van der Waals surface area contributed by atoms with Gasteiger partial charge >= 0.3 is 0 Å². The summed E-state index contributed by atoms with van der Waals surface area (Å²) in [5.74, 6) is 0. The van der Waals surface area contributed by atoms with Crippen LogP contribution in [0, 0.1) is 6.92 Å². The molecule has 0 spiro atoms. The van der Waals surface area contributed by atoms with Gasteiger partial charge in [0, 0.05) is 13.1 Å². The third-order valence-electron chi connectivity index (χ3n) is 2.67. The molecule has 0 aliphatic rings. The molecule has 2 N–H and O–H groups in total. The number of nitrogens with one attached hydrogen (secondary N) is 1. The first-order valence-electron chi connectivity index (χ1n) is 6.46. The molecule has 3 nitrogen and oxygen atoms in total. The fourth-order valence-corrected chi connectivity index (χ4v) is 1.59. The Morgan fingerprint density at radius 1 is 1.28 bits per heavy atom. The van der Waals surface area contributed by atoms with E-state index in [1.54, 1.807) is 0 Å². The zero-order valence-electron chi connectivity index (χ0n) is 11.9. The van der Waals surface area contributed by atoms with Crippen molar-refractivity contribution in [3.8, 4) is 0 Å². The monoisotopic (exact) mass is 251 g/mol. The lowest BCUT2D eigenvalue weighted by molar-refractivity contribution is -0.0479. The minimum absolute atomic E-state index is 0.197. The Bertz CT molecular complexity index is 358. The smallest absolute Gasteiger partial charge is 0.0898 e. The number of hydrogen-bond donors (Lipinski definition) is 2. The molecular weight excluding hydrogens is 226 g/mol. The fourth-order valence-electron chi connectivity index (χ4n) is 1.59. The Balaban J connectivity index is 2.24. The molecule has 0 amide bonds. The van der Waals surface area contributed by atoms with Crippen LogP contribution >= 0.6 is 0 Å². The van der Waals surface area contributed by atoms with Crippen molar-refractivity contribution < 1.29 is 9.84 Å². The second-order valence-corrected chi connectivity index (χ2v) is 5.63. The number of aliphatic hydroxyl groups excluding tert-OH is 1. The summed E-state index contributed by atoms with van der Waals surface area (Å²) in [7, 11) is 0. The topological polar surface area (TPSA) is 41.5 Å². The molecule has 1 atom stereocenters. The SMILES string of the molecule is Cc1ccccc1CNCC(O)COC(C)(C)C. The Kier molecular flexibility index (Phi) is 5.79. The van der Waals surface area contributed by atoms with E-state index in [9.17, 15) is 5.11 Å². The van der Waals surface area contributed by atoms with Crippen LogP contribution in [-0.2, 0) is 11.3 Å². The molecule has 0 radical (unpaired) electrons. The number of ether oxygens (including phenoxy) is 1. The molecule has 0 saturated carbocycles. The number of aliphatic hydroxyl groups is 1. The highest BCUT2D eigenvalue weighted by molar-refractivity contribution is 5.25. The average Bonchev–Trinajstić information content (AvgIpc) is 2.28. The van der Waals surface area contributed by atoms with Gasteiger partial charge < -0.3 is 15.2 Å². The van der Waals surface area contributed by atoms with E-state index < -0.39 is 6.10 Å². The van der Waals surface area contributed by atoms with E-state index in [4.69, 9.17) is 4.74 Å². The van der Waals surface area contributed by atoms with Gasteiger partial charge in [0.25, 0.3) is 0 Å². The van der Waals surface area contributed by atoms with Gasteiger partial charge in [-0.05, 0) is 38.8 Å². The van der Waals surface area contributed by atoms with Gasteiger partial charge in [0.15, 0.2) is 0 Å². The lowest BCUT2D eigenvalue weighted by Crippen LogP contribution is -2.33. The number of benzene rings is 1. The van der Waals surface area contributed by atoms with Crippen molar-refractivity contribution in [2.24, 2.45) is 0 Å². The summed E-state index contributed by atoms with van der Waals surface area (Å²) in [5, 5.41) is 13.0. The summed E-state index contributed by atoms with van der Waals surface area (Å²) < 4.78 is 5.53. The van der Waals surface area contributed by atoms with Crippen LogP contribution in [0.4, 0.5) is 0 Å². The Labute approximate surface area is 110 Å². The van der Waals surface area contributed by atoms with Gasteiger partial charge in [-0.1, -0.05) is 24.3 Å². The second-order valence-electron chi connectivity index (χ2n) is 5.63. The first-order chi connectivity index (χ1) is 8.38. The molecule has 0 aromatic heterocycles. The molecule has 0 saturated heterocycles. The van der Waals surface area contributed by atoms with Crippen LogP contribution in [0.3, 0.4) is 0 Å². The van der Waals surface area contributed by atoms with Crippen molar-refractivity contribution in [3.05, 3.63) is 35.4 Å². The molecule has 1 unspecified atom stereocenters. The van der Waals surface area contributed by atoms with Crippen LogP contribution in [0.5, 0.6) is 0 Å². The zero-order valence-corrected chi connectivity index (χ0v) is 11.9. The van der Waals surface area contributed by atoms with Crippen LogP contribution < -0.4 is 5.32 Å². The largest absolute Gasteiger partial charge is 0.389 e. The molecule has 0 aliphatic carbocycles. The number of rotatable bonds is 6. The maximum Gasteiger partial charge on any atom is 0.0898 e. The zero-order chi connectivity index (χ0) is 13.6. The van der Waals surface area contributed by atoms with E-state index in [0.29, 0.717) is 13.2 Å².